The van der Waals surface area contributed by atoms with Gasteiger partial charge in [0.2, 0.25) is 0 Å². The van der Waals surface area contributed by atoms with Crippen molar-refractivity contribution in [1.29, 1.82) is 0 Å². The number of aryl methyl sites for hydroxylation is 1. The van der Waals surface area contributed by atoms with E-state index in [2.05, 4.69) is 9.97 Å². The van der Waals surface area contributed by atoms with E-state index in [4.69, 9.17) is 11.6 Å². The number of H-pyrrole nitrogens is 1. The van der Waals surface area contributed by atoms with Crippen molar-refractivity contribution < 1.29 is 4.79 Å². The molecule has 0 spiro atoms. The summed E-state index contributed by atoms with van der Waals surface area (Å²) in [5.74, 6) is 0.199. The first-order valence-electron chi connectivity index (χ1n) is 5.04. The predicted octanol–water partition coefficient (Wildman–Crippen LogP) is 2.77. The van der Waals surface area contributed by atoms with Gasteiger partial charge < -0.3 is 4.98 Å². The Hall–Kier alpha value is -1.11. The summed E-state index contributed by atoms with van der Waals surface area (Å²) in [4.78, 5) is 30.4. The SMILES string of the molecule is Cc1cc(=O)[nH]c(SCC(=O)c2ccc(Cl)s2)n1. The summed E-state index contributed by atoms with van der Waals surface area (Å²) in [6, 6.07) is 4.80. The third-order valence-corrected chi connectivity index (χ3v) is 4.18. The van der Waals surface area contributed by atoms with Gasteiger partial charge in [0.25, 0.3) is 5.56 Å². The summed E-state index contributed by atoms with van der Waals surface area (Å²) < 4.78 is 0.588. The number of nitrogens with one attached hydrogen (secondary N) is 1. The number of rotatable bonds is 4. The van der Waals surface area contributed by atoms with Gasteiger partial charge in [0.15, 0.2) is 10.9 Å². The molecule has 0 saturated heterocycles. The van der Waals surface area contributed by atoms with Crippen molar-refractivity contribution in [1.82, 2.24) is 9.97 Å². The minimum Gasteiger partial charge on any atom is -0.301 e. The standard InChI is InChI=1S/C11H9ClN2O2S2/c1-6-4-10(16)14-11(13-6)17-5-7(15)8-2-3-9(12)18-8/h2-4H,5H2,1H3,(H,13,14,16). The van der Waals surface area contributed by atoms with Gasteiger partial charge in [-0.3, -0.25) is 9.59 Å². The lowest BCUT2D eigenvalue weighted by atomic mass is 10.4. The van der Waals surface area contributed by atoms with Gasteiger partial charge in [-0.2, -0.15) is 0 Å². The normalized spacial score (nSPS) is 10.6. The first-order chi connectivity index (χ1) is 8.54. The second-order valence-electron chi connectivity index (χ2n) is 3.51. The van der Waals surface area contributed by atoms with Gasteiger partial charge in [-0.25, -0.2) is 4.98 Å². The maximum atomic E-state index is 11.8. The number of hydrogen-bond acceptors (Lipinski definition) is 5. The fraction of sp³-hybridized carbons (Fsp3) is 0.182. The summed E-state index contributed by atoms with van der Waals surface area (Å²) >= 11 is 8.22. The molecule has 0 saturated carbocycles. The molecule has 0 fully saturated rings. The monoisotopic (exact) mass is 300 g/mol. The van der Waals surface area contributed by atoms with E-state index in [0.717, 1.165) is 0 Å². The lowest BCUT2D eigenvalue weighted by molar-refractivity contribution is 0.102. The summed E-state index contributed by atoms with van der Waals surface area (Å²) in [6.07, 6.45) is 0. The highest BCUT2D eigenvalue weighted by atomic mass is 35.5. The maximum absolute atomic E-state index is 11.8. The molecule has 0 radical (unpaired) electrons. The fourth-order valence-corrected chi connectivity index (χ4v) is 3.17. The quantitative estimate of drug-likeness (QED) is 0.536. The van der Waals surface area contributed by atoms with Crippen molar-refractivity contribution in [2.45, 2.75) is 12.1 Å². The topological polar surface area (TPSA) is 62.8 Å². The minimum absolute atomic E-state index is 0.0268. The largest absolute Gasteiger partial charge is 0.301 e. The number of thioether (sulfide) groups is 1. The van der Waals surface area contributed by atoms with E-state index in [-0.39, 0.29) is 17.1 Å². The fourth-order valence-electron chi connectivity index (χ4n) is 1.29. The summed E-state index contributed by atoms with van der Waals surface area (Å²) in [7, 11) is 0. The van der Waals surface area contributed by atoms with E-state index in [9.17, 15) is 9.59 Å². The number of halogens is 1. The average Bonchev–Trinajstić information content (AvgIpc) is 2.71. The van der Waals surface area contributed by atoms with Crippen molar-refractivity contribution >= 4 is 40.5 Å². The van der Waals surface area contributed by atoms with E-state index < -0.39 is 0 Å². The van der Waals surface area contributed by atoms with Crippen molar-refractivity contribution in [2.75, 3.05) is 5.75 Å². The molecule has 2 aromatic rings. The molecule has 2 rings (SSSR count). The number of aromatic nitrogens is 2. The molecule has 0 bridgehead atoms. The molecule has 0 aliphatic carbocycles. The number of ketones is 1. The van der Waals surface area contributed by atoms with Gasteiger partial charge >= 0.3 is 0 Å². The van der Waals surface area contributed by atoms with E-state index in [0.29, 0.717) is 20.1 Å². The predicted molar refractivity (Wildman–Crippen MR) is 74.0 cm³/mol. The highest BCUT2D eigenvalue weighted by molar-refractivity contribution is 7.99. The van der Waals surface area contributed by atoms with Crippen LogP contribution in [0, 0.1) is 6.92 Å². The van der Waals surface area contributed by atoms with Crippen molar-refractivity contribution in [3.63, 3.8) is 0 Å². The smallest absolute Gasteiger partial charge is 0.251 e. The Bertz CT molecular complexity index is 636. The van der Waals surface area contributed by atoms with Crippen LogP contribution >= 0.6 is 34.7 Å². The first kappa shape index (κ1) is 13.3. The molecule has 2 aromatic heterocycles. The van der Waals surface area contributed by atoms with Gasteiger partial charge in [-0.15, -0.1) is 11.3 Å². The van der Waals surface area contributed by atoms with Crippen molar-refractivity contribution in [2.24, 2.45) is 0 Å². The molecule has 1 N–H and O–H groups in total. The van der Waals surface area contributed by atoms with Crippen LogP contribution in [0.15, 0.2) is 28.2 Å². The van der Waals surface area contributed by atoms with Gasteiger partial charge in [-0.1, -0.05) is 23.4 Å². The average molecular weight is 301 g/mol. The number of carbonyl (C=O) groups excluding carboxylic acids is 1. The lowest BCUT2D eigenvalue weighted by Crippen LogP contribution is -2.09. The second kappa shape index (κ2) is 5.69. The van der Waals surface area contributed by atoms with Crippen LogP contribution in [0.4, 0.5) is 0 Å². The number of thiophene rings is 1. The molecule has 2 heterocycles. The number of aromatic amines is 1. The molecule has 0 atom stereocenters. The van der Waals surface area contributed by atoms with Crippen molar-refractivity contribution in [3.8, 4) is 0 Å². The third-order valence-electron chi connectivity index (χ3n) is 2.04. The third kappa shape index (κ3) is 3.44. The highest BCUT2D eigenvalue weighted by Crippen LogP contribution is 2.23. The summed E-state index contributed by atoms with van der Waals surface area (Å²) in [5, 5.41) is 0.455. The molecule has 0 unspecified atom stereocenters. The second-order valence-corrected chi connectivity index (χ2v) is 6.19. The Morgan fingerprint density at radius 3 is 2.94 bits per heavy atom. The van der Waals surface area contributed by atoms with Gasteiger partial charge in [0, 0.05) is 11.8 Å². The number of nitrogens with zero attached hydrogens (tertiary/aromatic N) is 1. The zero-order valence-corrected chi connectivity index (χ0v) is 11.8. The van der Waals surface area contributed by atoms with Gasteiger partial charge in [-0.05, 0) is 19.1 Å². The van der Waals surface area contributed by atoms with Crippen LogP contribution in [0.5, 0.6) is 0 Å². The van der Waals surface area contributed by atoms with Crippen LogP contribution in [0.2, 0.25) is 4.34 Å². The molecule has 0 aliphatic rings. The van der Waals surface area contributed by atoms with Crippen molar-refractivity contribution in [3.05, 3.63) is 43.5 Å². The minimum atomic E-state index is -0.211. The molecule has 7 heteroatoms. The zero-order chi connectivity index (χ0) is 13.1. The molecular weight excluding hydrogens is 292 g/mol. The summed E-state index contributed by atoms with van der Waals surface area (Å²) in [6.45, 7) is 1.74. The highest BCUT2D eigenvalue weighted by Gasteiger charge is 2.10. The number of hydrogen-bond donors (Lipinski definition) is 1. The van der Waals surface area contributed by atoms with Crippen LogP contribution in [0.25, 0.3) is 0 Å². The zero-order valence-electron chi connectivity index (χ0n) is 9.40. The molecule has 18 heavy (non-hydrogen) atoms. The van der Waals surface area contributed by atoms with Gasteiger partial charge in [0.05, 0.1) is 15.0 Å². The maximum Gasteiger partial charge on any atom is 0.251 e. The van der Waals surface area contributed by atoms with E-state index >= 15 is 0 Å². The molecule has 4 nitrogen and oxygen atoms in total. The van der Waals surface area contributed by atoms with E-state index in [1.165, 1.54) is 29.2 Å². The molecule has 94 valence electrons. The van der Waals surface area contributed by atoms with Crippen LogP contribution in [-0.4, -0.2) is 21.5 Å². The van der Waals surface area contributed by atoms with Crippen LogP contribution < -0.4 is 5.56 Å². The Morgan fingerprint density at radius 1 is 1.56 bits per heavy atom. The lowest BCUT2D eigenvalue weighted by Gasteiger charge is -2.00. The Kier molecular flexibility index (Phi) is 4.21. The Balaban J connectivity index is 2.03. The number of Topliss-reactive ketones (excluding diaryl/α,β-unsaturated/α-hetero) is 1. The Labute approximate surface area is 116 Å². The van der Waals surface area contributed by atoms with Crippen LogP contribution in [0.3, 0.4) is 0 Å². The Morgan fingerprint density at radius 2 is 2.33 bits per heavy atom. The number of carbonyl (C=O) groups is 1. The van der Waals surface area contributed by atoms with E-state index in [1.807, 2.05) is 0 Å². The molecular formula is C11H9ClN2O2S2. The van der Waals surface area contributed by atoms with E-state index in [1.54, 1.807) is 19.1 Å². The summed E-state index contributed by atoms with van der Waals surface area (Å²) in [5.41, 5.74) is 0.421. The molecule has 0 aromatic carbocycles. The van der Waals surface area contributed by atoms with Gasteiger partial charge in [0.1, 0.15) is 0 Å². The molecule has 0 aliphatic heterocycles. The molecule has 0 amide bonds. The van der Waals surface area contributed by atoms with Crippen LogP contribution in [0.1, 0.15) is 15.4 Å². The van der Waals surface area contributed by atoms with Crippen LogP contribution in [-0.2, 0) is 0 Å². The first-order valence-corrected chi connectivity index (χ1v) is 7.22.